The van der Waals surface area contributed by atoms with Crippen LogP contribution in [0.3, 0.4) is 0 Å². The summed E-state index contributed by atoms with van der Waals surface area (Å²) in [5, 5.41) is 0. The van der Waals surface area contributed by atoms with Gasteiger partial charge in [-0.2, -0.15) is 0 Å². The molecule has 0 heterocycles. The van der Waals surface area contributed by atoms with Crippen LogP contribution in [0, 0.1) is 0 Å². The quantitative estimate of drug-likeness (QED) is 0.533. The van der Waals surface area contributed by atoms with Crippen molar-refractivity contribution in [1.29, 1.82) is 0 Å². The summed E-state index contributed by atoms with van der Waals surface area (Å²) in [4.78, 5) is 0. The molecule has 1 aromatic rings. The predicted molar refractivity (Wildman–Crippen MR) is 78.2 cm³/mol. The Labute approximate surface area is 119 Å². The number of benzene rings is 1. The third-order valence-electron chi connectivity index (χ3n) is 2.16. The van der Waals surface area contributed by atoms with Crippen molar-refractivity contribution < 1.29 is 9.47 Å². The van der Waals surface area contributed by atoms with Gasteiger partial charge in [-0.15, -0.1) is 0 Å². The number of hydrogen-bond acceptors (Lipinski definition) is 2. The molecule has 0 aromatic heterocycles. The molecule has 0 aliphatic heterocycles. The standard InChI is InChI=1S/C12H16BrIO2/c1-9(8-15-2)16-12(7-14)10-4-3-5-11(13)6-10/h3-6,9,12H,7-8H2,1-2H3. The maximum atomic E-state index is 5.93. The van der Waals surface area contributed by atoms with E-state index in [9.17, 15) is 0 Å². The van der Waals surface area contributed by atoms with Crippen molar-refractivity contribution in [1.82, 2.24) is 0 Å². The number of halogens is 2. The van der Waals surface area contributed by atoms with Gasteiger partial charge in [0.05, 0.1) is 18.8 Å². The van der Waals surface area contributed by atoms with E-state index >= 15 is 0 Å². The van der Waals surface area contributed by atoms with Crippen LogP contribution in [-0.4, -0.2) is 24.2 Å². The first-order valence-electron chi connectivity index (χ1n) is 5.13. The normalized spacial score (nSPS) is 14.8. The minimum atomic E-state index is 0.115. The molecule has 0 N–H and O–H groups in total. The van der Waals surface area contributed by atoms with Gasteiger partial charge in [-0.05, 0) is 24.6 Å². The monoisotopic (exact) mass is 398 g/mol. The lowest BCUT2D eigenvalue weighted by Gasteiger charge is -2.21. The highest BCUT2D eigenvalue weighted by Crippen LogP contribution is 2.24. The van der Waals surface area contributed by atoms with Gasteiger partial charge in [0.1, 0.15) is 0 Å². The summed E-state index contributed by atoms with van der Waals surface area (Å²) in [5.41, 5.74) is 1.20. The van der Waals surface area contributed by atoms with Gasteiger partial charge in [0.15, 0.2) is 0 Å². The topological polar surface area (TPSA) is 18.5 Å². The highest BCUT2D eigenvalue weighted by atomic mass is 127. The Hall–Kier alpha value is 0.350. The van der Waals surface area contributed by atoms with Crippen molar-refractivity contribution in [3.05, 3.63) is 34.3 Å². The molecular weight excluding hydrogens is 383 g/mol. The molecule has 2 unspecified atom stereocenters. The molecule has 0 spiro atoms. The average Bonchev–Trinajstić information content (AvgIpc) is 2.26. The van der Waals surface area contributed by atoms with Gasteiger partial charge >= 0.3 is 0 Å². The first-order chi connectivity index (χ1) is 7.67. The fraction of sp³-hybridized carbons (Fsp3) is 0.500. The van der Waals surface area contributed by atoms with E-state index in [-0.39, 0.29) is 12.2 Å². The van der Waals surface area contributed by atoms with Crippen LogP contribution in [0.25, 0.3) is 0 Å². The molecule has 2 nitrogen and oxygen atoms in total. The lowest BCUT2D eigenvalue weighted by Crippen LogP contribution is -2.19. The summed E-state index contributed by atoms with van der Waals surface area (Å²) in [7, 11) is 1.69. The van der Waals surface area contributed by atoms with E-state index in [4.69, 9.17) is 9.47 Å². The van der Waals surface area contributed by atoms with Gasteiger partial charge in [0.25, 0.3) is 0 Å². The zero-order valence-corrected chi connectivity index (χ0v) is 13.2. The smallest absolute Gasteiger partial charge is 0.0919 e. The van der Waals surface area contributed by atoms with Crippen molar-refractivity contribution in [3.63, 3.8) is 0 Å². The van der Waals surface area contributed by atoms with E-state index in [1.807, 2.05) is 19.1 Å². The van der Waals surface area contributed by atoms with E-state index in [0.717, 1.165) is 8.90 Å². The van der Waals surface area contributed by atoms with Crippen LogP contribution >= 0.6 is 38.5 Å². The molecule has 90 valence electrons. The van der Waals surface area contributed by atoms with Crippen LogP contribution in [0.4, 0.5) is 0 Å². The summed E-state index contributed by atoms with van der Waals surface area (Å²) in [5.74, 6) is 0. The fourth-order valence-corrected chi connectivity index (χ4v) is 2.60. The lowest BCUT2D eigenvalue weighted by molar-refractivity contribution is -0.0291. The predicted octanol–water partition coefficient (Wildman–Crippen LogP) is 3.98. The molecule has 0 fully saturated rings. The number of ether oxygens (including phenoxy) is 2. The molecule has 2 atom stereocenters. The van der Waals surface area contributed by atoms with Gasteiger partial charge < -0.3 is 9.47 Å². The molecule has 16 heavy (non-hydrogen) atoms. The minimum absolute atomic E-state index is 0.115. The maximum Gasteiger partial charge on any atom is 0.0919 e. The van der Waals surface area contributed by atoms with Crippen molar-refractivity contribution in [2.45, 2.75) is 19.1 Å². The number of methoxy groups -OCH3 is 1. The molecule has 0 amide bonds. The summed E-state index contributed by atoms with van der Waals surface area (Å²) >= 11 is 5.82. The number of alkyl halides is 1. The van der Waals surface area contributed by atoms with Crippen LogP contribution in [0.15, 0.2) is 28.7 Å². The molecular formula is C12H16BrIO2. The maximum absolute atomic E-state index is 5.93. The van der Waals surface area contributed by atoms with Crippen molar-refractivity contribution in [3.8, 4) is 0 Å². The van der Waals surface area contributed by atoms with Gasteiger partial charge in [0, 0.05) is 16.0 Å². The van der Waals surface area contributed by atoms with Gasteiger partial charge in [-0.3, -0.25) is 0 Å². The molecule has 0 bridgehead atoms. The Morgan fingerprint density at radius 2 is 2.19 bits per heavy atom. The minimum Gasteiger partial charge on any atom is -0.382 e. The average molecular weight is 399 g/mol. The summed E-state index contributed by atoms with van der Waals surface area (Å²) in [6.45, 7) is 2.65. The molecule has 0 radical (unpaired) electrons. The summed E-state index contributed by atoms with van der Waals surface area (Å²) in [6, 6.07) is 8.24. The first kappa shape index (κ1) is 14.4. The SMILES string of the molecule is COCC(C)OC(CI)c1cccc(Br)c1. The van der Waals surface area contributed by atoms with Crippen LogP contribution in [-0.2, 0) is 9.47 Å². The van der Waals surface area contributed by atoms with E-state index in [0.29, 0.717) is 6.61 Å². The van der Waals surface area contributed by atoms with E-state index in [1.165, 1.54) is 5.56 Å². The van der Waals surface area contributed by atoms with E-state index < -0.39 is 0 Å². The summed E-state index contributed by atoms with van der Waals surface area (Å²) in [6.07, 6.45) is 0.243. The van der Waals surface area contributed by atoms with Crippen LogP contribution in [0.5, 0.6) is 0 Å². The molecule has 1 rings (SSSR count). The zero-order chi connectivity index (χ0) is 12.0. The van der Waals surface area contributed by atoms with Gasteiger partial charge in [0.2, 0.25) is 0 Å². The molecule has 1 aromatic carbocycles. The summed E-state index contributed by atoms with van der Waals surface area (Å²) < 4.78 is 13.0. The van der Waals surface area contributed by atoms with Crippen molar-refractivity contribution >= 4 is 38.5 Å². The van der Waals surface area contributed by atoms with Crippen LogP contribution < -0.4 is 0 Å². The third kappa shape index (κ3) is 4.69. The Morgan fingerprint density at radius 1 is 1.44 bits per heavy atom. The third-order valence-corrected chi connectivity index (χ3v) is 3.45. The fourth-order valence-electron chi connectivity index (χ4n) is 1.47. The Kier molecular flexibility index (Phi) is 6.87. The van der Waals surface area contributed by atoms with Gasteiger partial charge in [-0.1, -0.05) is 50.7 Å². The van der Waals surface area contributed by atoms with Gasteiger partial charge in [-0.25, -0.2) is 0 Å². The largest absolute Gasteiger partial charge is 0.382 e. The van der Waals surface area contributed by atoms with Crippen molar-refractivity contribution in [2.24, 2.45) is 0 Å². The molecule has 0 aliphatic rings. The Balaban J connectivity index is 2.67. The Bertz CT molecular complexity index is 320. The number of rotatable bonds is 6. The highest BCUT2D eigenvalue weighted by Gasteiger charge is 2.14. The molecule has 0 saturated heterocycles. The van der Waals surface area contributed by atoms with E-state index in [2.05, 4.69) is 50.7 Å². The Morgan fingerprint density at radius 3 is 2.75 bits per heavy atom. The second kappa shape index (κ2) is 7.63. The zero-order valence-electron chi connectivity index (χ0n) is 9.45. The highest BCUT2D eigenvalue weighted by molar-refractivity contribution is 14.1. The van der Waals surface area contributed by atoms with Crippen LogP contribution in [0.2, 0.25) is 0 Å². The molecule has 0 saturated carbocycles. The van der Waals surface area contributed by atoms with Crippen molar-refractivity contribution in [2.75, 3.05) is 18.1 Å². The first-order valence-corrected chi connectivity index (χ1v) is 7.45. The second-order valence-corrected chi connectivity index (χ2v) is 5.40. The number of hydrogen-bond donors (Lipinski definition) is 0. The second-order valence-electron chi connectivity index (χ2n) is 3.60. The molecule has 0 aliphatic carbocycles. The molecule has 4 heteroatoms. The van der Waals surface area contributed by atoms with Crippen LogP contribution in [0.1, 0.15) is 18.6 Å². The van der Waals surface area contributed by atoms with E-state index in [1.54, 1.807) is 7.11 Å². The lowest BCUT2D eigenvalue weighted by atomic mass is 10.1.